The molecule has 2 aliphatic carbocycles. The molecule has 4 heterocycles. The molecule has 0 bridgehead atoms. The summed E-state index contributed by atoms with van der Waals surface area (Å²) in [5.41, 5.74) is 11.0. The number of hydrogen-bond donors (Lipinski definition) is 4. The van der Waals surface area contributed by atoms with Crippen LogP contribution in [0.3, 0.4) is 0 Å². The second kappa shape index (κ2) is 20.3. The number of likely N-dealkylation sites (tertiary alicyclic amines) is 2. The van der Waals surface area contributed by atoms with E-state index < -0.39 is 24.3 Å². The normalized spacial score (nSPS) is 20.9. The molecule has 5 aromatic carbocycles. The zero-order chi connectivity index (χ0) is 53.9. The molecule has 4 N–H and O–H groups in total. The Morgan fingerprint density at radius 2 is 1.16 bits per heavy atom. The fraction of sp³-hybridized carbons (Fsp3) is 0.397. The topological polar surface area (TPSA) is 175 Å². The van der Waals surface area contributed by atoms with Crippen LogP contribution in [0.4, 0.5) is 9.59 Å². The summed E-state index contributed by atoms with van der Waals surface area (Å²) in [6.45, 7) is 17.5. The summed E-state index contributed by atoms with van der Waals surface area (Å²) in [5.74, 6) is 2.78. The van der Waals surface area contributed by atoms with Crippen LogP contribution in [-0.4, -0.2) is 78.9 Å². The molecule has 0 spiro atoms. The fourth-order valence-corrected chi connectivity index (χ4v) is 12.5. The van der Waals surface area contributed by atoms with Gasteiger partial charge >= 0.3 is 12.2 Å². The molecule has 2 aromatic heterocycles. The van der Waals surface area contributed by atoms with E-state index in [1.165, 1.54) is 40.7 Å². The third-order valence-corrected chi connectivity index (χ3v) is 16.5. The summed E-state index contributed by atoms with van der Waals surface area (Å²) in [7, 11) is 0. The summed E-state index contributed by atoms with van der Waals surface area (Å²) < 4.78 is 11.0. The maximum absolute atomic E-state index is 14.5. The van der Waals surface area contributed by atoms with Gasteiger partial charge in [0.25, 0.3) is 0 Å². The maximum atomic E-state index is 14.5. The van der Waals surface area contributed by atoms with Crippen molar-refractivity contribution in [2.45, 2.75) is 118 Å². The SMILES string of the molecule is CC(C)[C@H](NC(=O)Oc1ccccc1)C(=O)N1CC(C)(C)CC1c1nc2ccc(-c3ccc(-c4ccc(-c5cnc([C@@H]6CC(C)(C)CN6C(=O)[C@@H](NC(=O)Oc6ccccc6)C(C)C)[nH]5)cc4)c4c3CC3CCC43)cc2[nH]1. The van der Waals surface area contributed by atoms with Gasteiger partial charge < -0.3 is 39.9 Å². The Labute approximate surface area is 450 Å². The first-order valence-electron chi connectivity index (χ1n) is 27.4. The van der Waals surface area contributed by atoms with E-state index in [-0.39, 0.29) is 46.6 Å². The average Bonchev–Trinajstić information content (AvgIpc) is 4.32. The smallest absolute Gasteiger partial charge is 0.410 e. The van der Waals surface area contributed by atoms with Crippen molar-refractivity contribution in [1.29, 1.82) is 0 Å². The van der Waals surface area contributed by atoms with Gasteiger partial charge in [-0.3, -0.25) is 9.59 Å². The van der Waals surface area contributed by atoms with Crippen molar-refractivity contribution < 1.29 is 28.7 Å². The van der Waals surface area contributed by atoms with Crippen molar-refractivity contribution in [2.24, 2.45) is 28.6 Å². The number of aromatic amines is 2. The van der Waals surface area contributed by atoms with E-state index in [1.54, 1.807) is 48.5 Å². The molecule has 11 rings (SSSR count). The van der Waals surface area contributed by atoms with Gasteiger partial charge in [-0.05, 0) is 142 Å². The van der Waals surface area contributed by atoms with E-state index in [2.05, 4.69) is 103 Å². The van der Waals surface area contributed by atoms with Gasteiger partial charge in [0.05, 0.1) is 35.0 Å². The number of amides is 4. The van der Waals surface area contributed by atoms with Crippen molar-refractivity contribution in [1.82, 2.24) is 40.4 Å². The number of para-hydroxylation sites is 2. The number of aromatic nitrogens is 4. The molecule has 14 nitrogen and oxygen atoms in total. The number of hydrogen-bond acceptors (Lipinski definition) is 8. The first-order valence-corrected chi connectivity index (χ1v) is 27.4. The molecule has 6 atom stereocenters. The third-order valence-electron chi connectivity index (χ3n) is 16.5. The number of ether oxygens (including phenoxy) is 2. The van der Waals surface area contributed by atoms with Crippen LogP contribution in [0.25, 0.3) is 44.5 Å². The highest BCUT2D eigenvalue weighted by atomic mass is 16.6. The number of carbonyl (C=O) groups excluding carboxylic acids is 4. The van der Waals surface area contributed by atoms with Gasteiger partial charge in [0.2, 0.25) is 11.8 Å². The molecular weight excluding hydrogens is 965 g/mol. The van der Waals surface area contributed by atoms with Gasteiger partial charge in [-0.25, -0.2) is 19.6 Å². The Balaban J connectivity index is 0.813. The molecule has 4 amide bonds. The Morgan fingerprint density at radius 1 is 0.623 bits per heavy atom. The zero-order valence-electron chi connectivity index (χ0n) is 45.4. The lowest BCUT2D eigenvalue weighted by atomic mass is 9.73. The minimum Gasteiger partial charge on any atom is -0.410 e. The second-order valence-corrected chi connectivity index (χ2v) is 24.2. The average molecular weight is 1040 g/mol. The number of rotatable bonds is 13. The molecule has 3 fully saturated rings. The maximum Gasteiger partial charge on any atom is 0.413 e. The van der Waals surface area contributed by atoms with Gasteiger partial charge in [-0.15, -0.1) is 0 Å². The first kappa shape index (κ1) is 51.4. The number of nitrogens with zero attached hydrogens (tertiary/aromatic N) is 4. The molecule has 2 aliphatic heterocycles. The van der Waals surface area contributed by atoms with Crippen molar-refractivity contribution in [3.63, 3.8) is 0 Å². The van der Waals surface area contributed by atoms with Gasteiger partial charge in [0, 0.05) is 13.1 Å². The molecule has 0 radical (unpaired) electrons. The van der Waals surface area contributed by atoms with E-state index in [0.717, 1.165) is 58.8 Å². The van der Waals surface area contributed by atoms with Gasteiger partial charge in [-0.2, -0.15) is 0 Å². The Kier molecular flexibility index (Phi) is 13.6. The van der Waals surface area contributed by atoms with Crippen LogP contribution in [0.2, 0.25) is 0 Å². The minimum atomic E-state index is -0.780. The van der Waals surface area contributed by atoms with Crippen LogP contribution in [0.1, 0.15) is 122 Å². The molecule has 2 saturated heterocycles. The van der Waals surface area contributed by atoms with Crippen LogP contribution in [0.5, 0.6) is 11.5 Å². The van der Waals surface area contributed by atoms with Gasteiger partial charge in [0.1, 0.15) is 35.2 Å². The first-order chi connectivity index (χ1) is 36.9. The van der Waals surface area contributed by atoms with Crippen molar-refractivity contribution in [3.8, 4) is 45.0 Å². The lowest BCUT2D eigenvalue weighted by molar-refractivity contribution is -0.136. The van der Waals surface area contributed by atoms with Crippen LogP contribution < -0.4 is 20.1 Å². The highest BCUT2D eigenvalue weighted by Gasteiger charge is 2.47. The summed E-state index contributed by atoms with van der Waals surface area (Å²) in [4.78, 5) is 75.8. The number of benzene rings is 5. The Morgan fingerprint density at radius 3 is 1.70 bits per heavy atom. The van der Waals surface area contributed by atoms with E-state index in [9.17, 15) is 19.2 Å². The number of nitrogens with one attached hydrogen (secondary N) is 4. The van der Waals surface area contributed by atoms with Crippen LogP contribution >= 0.6 is 0 Å². The van der Waals surface area contributed by atoms with Gasteiger partial charge in [-0.1, -0.05) is 134 Å². The molecule has 4 aliphatic rings. The van der Waals surface area contributed by atoms with E-state index in [0.29, 0.717) is 36.4 Å². The van der Waals surface area contributed by atoms with E-state index in [1.807, 2.05) is 55.8 Å². The van der Waals surface area contributed by atoms with Crippen LogP contribution in [-0.2, 0) is 16.0 Å². The molecule has 3 unspecified atom stereocenters. The van der Waals surface area contributed by atoms with Gasteiger partial charge in [0.15, 0.2) is 0 Å². The van der Waals surface area contributed by atoms with Crippen LogP contribution in [0.15, 0.2) is 121 Å². The predicted molar refractivity (Wildman–Crippen MR) is 298 cm³/mol. The number of imidazole rings is 2. The Bertz CT molecular complexity index is 3340. The molecule has 14 heteroatoms. The molecule has 398 valence electrons. The lowest BCUT2D eigenvalue weighted by Crippen LogP contribution is -2.52. The van der Waals surface area contributed by atoms with Crippen LogP contribution in [0, 0.1) is 28.6 Å². The second-order valence-electron chi connectivity index (χ2n) is 24.2. The van der Waals surface area contributed by atoms with E-state index >= 15 is 0 Å². The lowest BCUT2D eigenvalue weighted by Gasteiger charge is -2.31. The number of H-pyrrole nitrogens is 2. The summed E-state index contributed by atoms with van der Waals surface area (Å²) >= 11 is 0. The highest BCUT2D eigenvalue weighted by Crippen LogP contribution is 2.56. The minimum absolute atomic E-state index is 0.154. The zero-order valence-corrected chi connectivity index (χ0v) is 45.4. The summed E-state index contributed by atoms with van der Waals surface area (Å²) in [6, 6.07) is 35.4. The standard InChI is InChI=1S/C63H70N8O6/c1-36(2)54(68-60(74)76-42-15-11-9-12-16-42)58(72)70-34-62(5,6)31-51(70)56-64-33-50(67-56)39-21-19-38(20-22-39)45-27-26-44(47-29-40-23-25-46(40)53(45)47)41-24-28-48-49(30-41)66-57(65-48)52-32-63(7,8)35-71(52)59(73)55(37(3)4)69-61(75)77-43-17-13-10-14-18-43/h9-22,24,26-28,30,33,36-37,40,46,51-52,54-55H,23,25,29,31-32,34-35H2,1-8H3,(H,64,67)(H,65,66)(H,68,74)(H,69,75)/t40?,46?,51-,52?,54-,55-/m0/s1. The molecular formula is C63H70N8O6. The molecule has 77 heavy (non-hydrogen) atoms. The highest BCUT2D eigenvalue weighted by molar-refractivity contribution is 5.89. The summed E-state index contributed by atoms with van der Waals surface area (Å²) in [6.07, 6.45) is 5.44. The summed E-state index contributed by atoms with van der Waals surface area (Å²) in [5, 5.41) is 5.72. The third kappa shape index (κ3) is 10.3. The van der Waals surface area contributed by atoms with Crippen molar-refractivity contribution in [3.05, 3.63) is 144 Å². The fourth-order valence-electron chi connectivity index (χ4n) is 12.5. The predicted octanol–water partition coefficient (Wildman–Crippen LogP) is 12.6. The monoisotopic (exact) mass is 1030 g/mol. The molecule has 1 saturated carbocycles. The van der Waals surface area contributed by atoms with Crippen molar-refractivity contribution >= 4 is 35.0 Å². The number of fused-ring (bicyclic) bond motifs is 4. The van der Waals surface area contributed by atoms with E-state index in [4.69, 9.17) is 19.4 Å². The Hall–Kier alpha value is -7.74. The number of carbonyl (C=O) groups is 4. The van der Waals surface area contributed by atoms with Crippen molar-refractivity contribution in [2.75, 3.05) is 13.1 Å². The molecule has 7 aromatic rings. The quantitative estimate of drug-likeness (QED) is 0.0883. The largest absolute Gasteiger partial charge is 0.413 e.